The molecule has 0 bridgehead atoms. The first-order valence-corrected chi connectivity index (χ1v) is 8.58. The van der Waals surface area contributed by atoms with E-state index in [1.807, 2.05) is 36.0 Å². The Balaban J connectivity index is 1.64. The minimum Gasteiger partial charge on any atom is -0.381 e. The average molecular weight is 326 g/mol. The highest BCUT2D eigenvalue weighted by atomic mass is 35.5. The predicted octanol–water partition coefficient (Wildman–Crippen LogP) is 3.38. The van der Waals surface area contributed by atoms with Gasteiger partial charge in [0.25, 0.3) is 0 Å². The van der Waals surface area contributed by atoms with Crippen molar-refractivity contribution in [2.45, 2.75) is 18.1 Å². The molecule has 2 rings (SSSR count). The van der Waals surface area contributed by atoms with Crippen LogP contribution < -0.4 is 5.32 Å². The van der Waals surface area contributed by atoms with Crippen molar-refractivity contribution in [2.75, 3.05) is 25.5 Å². The van der Waals surface area contributed by atoms with Crippen LogP contribution in [0.2, 0.25) is 5.02 Å². The Hall–Kier alpha value is -0.970. The molecule has 1 saturated heterocycles. The SMILES string of the molecule is O=C(C=Cc1ccccc1Cl)NCCSC1CCOCC1. The quantitative estimate of drug-likeness (QED) is 0.643. The topological polar surface area (TPSA) is 38.3 Å². The zero-order valence-corrected chi connectivity index (χ0v) is 13.5. The third-order valence-corrected chi connectivity index (χ3v) is 4.97. The van der Waals surface area contributed by atoms with E-state index in [-0.39, 0.29) is 5.91 Å². The van der Waals surface area contributed by atoms with Crippen molar-refractivity contribution in [1.82, 2.24) is 5.32 Å². The van der Waals surface area contributed by atoms with Crippen LogP contribution in [0.25, 0.3) is 6.08 Å². The molecule has 0 spiro atoms. The molecule has 1 aliphatic rings. The number of nitrogens with one attached hydrogen (secondary N) is 1. The van der Waals surface area contributed by atoms with Gasteiger partial charge in [0.2, 0.25) is 5.91 Å². The molecule has 0 radical (unpaired) electrons. The zero-order chi connectivity index (χ0) is 14.9. The van der Waals surface area contributed by atoms with Crippen molar-refractivity contribution >= 4 is 35.3 Å². The van der Waals surface area contributed by atoms with Crippen molar-refractivity contribution in [3.05, 3.63) is 40.9 Å². The van der Waals surface area contributed by atoms with E-state index in [1.165, 1.54) is 6.08 Å². The molecular formula is C16H20ClNO2S. The molecule has 114 valence electrons. The van der Waals surface area contributed by atoms with E-state index in [0.717, 1.165) is 37.4 Å². The number of ether oxygens (including phenoxy) is 1. The Labute approximate surface area is 135 Å². The van der Waals surface area contributed by atoms with Crippen molar-refractivity contribution in [1.29, 1.82) is 0 Å². The van der Waals surface area contributed by atoms with E-state index >= 15 is 0 Å². The number of halogens is 1. The first kappa shape index (κ1) is 16.4. The number of carbonyl (C=O) groups excluding carboxylic acids is 1. The second-order valence-corrected chi connectivity index (χ2v) is 6.64. The fourth-order valence-corrected chi connectivity index (χ4v) is 3.35. The summed E-state index contributed by atoms with van der Waals surface area (Å²) >= 11 is 7.94. The summed E-state index contributed by atoms with van der Waals surface area (Å²) in [6.45, 7) is 2.42. The summed E-state index contributed by atoms with van der Waals surface area (Å²) in [5.41, 5.74) is 0.853. The van der Waals surface area contributed by atoms with Crippen LogP contribution in [-0.4, -0.2) is 36.7 Å². The lowest BCUT2D eigenvalue weighted by Gasteiger charge is -2.21. The average Bonchev–Trinajstić information content (AvgIpc) is 2.52. The molecule has 1 fully saturated rings. The first-order valence-electron chi connectivity index (χ1n) is 7.15. The Morgan fingerprint density at radius 2 is 2.14 bits per heavy atom. The molecule has 1 aliphatic heterocycles. The number of thioether (sulfide) groups is 1. The van der Waals surface area contributed by atoms with Crippen LogP contribution in [0.5, 0.6) is 0 Å². The van der Waals surface area contributed by atoms with Gasteiger partial charge in [-0.2, -0.15) is 11.8 Å². The van der Waals surface area contributed by atoms with Gasteiger partial charge in [-0.25, -0.2) is 0 Å². The molecule has 1 heterocycles. The lowest BCUT2D eigenvalue weighted by atomic mass is 10.2. The molecule has 1 N–H and O–H groups in total. The van der Waals surface area contributed by atoms with Crippen LogP contribution >= 0.6 is 23.4 Å². The molecule has 5 heteroatoms. The number of carbonyl (C=O) groups is 1. The Bertz CT molecular complexity index is 487. The minimum atomic E-state index is -0.0810. The van der Waals surface area contributed by atoms with Crippen molar-refractivity contribution in [3.63, 3.8) is 0 Å². The lowest BCUT2D eigenvalue weighted by Crippen LogP contribution is -2.25. The Morgan fingerprint density at radius 1 is 1.38 bits per heavy atom. The van der Waals surface area contributed by atoms with Crippen LogP contribution in [0.15, 0.2) is 30.3 Å². The minimum absolute atomic E-state index is 0.0810. The van der Waals surface area contributed by atoms with Crippen LogP contribution in [0.3, 0.4) is 0 Å². The molecule has 3 nitrogen and oxygen atoms in total. The molecule has 0 aliphatic carbocycles. The molecule has 1 aromatic carbocycles. The summed E-state index contributed by atoms with van der Waals surface area (Å²) in [7, 11) is 0. The normalized spacial score (nSPS) is 16.2. The van der Waals surface area contributed by atoms with Crippen molar-refractivity contribution < 1.29 is 9.53 Å². The predicted molar refractivity (Wildman–Crippen MR) is 89.8 cm³/mol. The van der Waals surface area contributed by atoms with Crippen LogP contribution in [0, 0.1) is 0 Å². The highest BCUT2D eigenvalue weighted by Gasteiger charge is 2.13. The molecule has 21 heavy (non-hydrogen) atoms. The molecule has 0 aromatic heterocycles. The summed E-state index contributed by atoms with van der Waals surface area (Å²) in [6, 6.07) is 7.46. The molecule has 0 unspecified atom stereocenters. The third kappa shape index (κ3) is 6.12. The van der Waals surface area contributed by atoms with Crippen molar-refractivity contribution in [2.24, 2.45) is 0 Å². The molecule has 0 saturated carbocycles. The van der Waals surface area contributed by atoms with E-state index in [4.69, 9.17) is 16.3 Å². The fraction of sp³-hybridized carbons (Fsp3) is 0.438. The standard InChI is InChI=1S/C16H20ClNO2S/c17-15-4-2-1-3-13(15)5-6-16(19)18-9-12-21-14-7-10-20-11-8-14/h1-6,14H,7-12H2,(H,18,19). The van der Waals surface area contributed by atoms with Crippen LogP contribution in [0.4, 0.5) is 0 Å². The number of hydrogen-bond acceptors (Lipinski definition) is 3. The molecule has 1 aromatic rings. The smallest absolute Gasteiger partial charge is 0.244 e. The maximum atomic E-state index is 11.7. The van der Waals surface area contributed by atoms with Gasteiger partial charge in [-0.1, -0.05) is 29.8 Å². The number of hydrogen-bond donors (Lipinski definition) is 1. The highest BCUT2D eigenvalue weighted by Crippen LogP contribution is 2.21. The van der Waals surface area contributed by atoms with Crippen molar-refractivity contribution in [3.8, 4) is 0 Å². The highest BCUT2D eigenvalue weighted by molar-refractivity contribution is 7.99. The van der Waals surface area contributed by atoms with Crippen LogP contribution in [0.1, 0.15) is 18.4 Å². The maximum absolute atomic E-state index is 11.7. The van der Waals surface area contributed by atoms with Gasteiger partial charge in [-0.3, -0.25) is 4.79 Å². The van der Waals surface area contributed by atoms with E-state index in [0.29, 0.717) is 16.8 Å². The van der Waals surface area contributed by atoms with E-state index in [1.54, 1.807) is 6.08 Å². The van der Waals surface area contributed by atoms with Gasteiger partial charge < -0.3 is 10.1 Å². The second kappa shape index (κ2) is 9.13. The van der Waals surface area contributed by atoms with Gasteiger partial charge in [-0.15, -0.1) is 0 Å². The molecule has 1 amide bonds. The summed E-state index contributed by atoms with van der Waals surface area (Å²) in [5, 5.41) is 4.22. The summed E-state index contributed by atoms with van der Waals surface area (Å²) in [4.78, 5) is 11.7. The van der Waals surface area contributed by atoms with Gasteiger partial charge in [0.15, 0.2) is 0 Å². The molecule has 0 atom stereocenters. The Morgan fingerprint density at radius 3 is 2.90 bits per heavy atom. The maximum Gasteiger partial charge on any atom is 0.244 e. The lowest BCUT2D eigenvalue weighted by molar-refractivity contribution is -0.116. The summed E-state index contributed by atoms with van der Waals surface area (Å²) < 4.78 is 5.32. The van der Waals surface area contributed by atoms with Gasteiger partial charge in [0, 0.05) is 41.9 Å². The first-order chi connectivity index (χ1) is 10.3. The Kier molecular flexibility index (Phi) is 7.13. The van der Waals surface area contributed by atoms with E-state index in [2.05, 4.69) is 5.32 Å². The van der Waals surface area contributed by atoms with Gasteiger partial charge in [-0.05, 0) is 30.5 Å². The number of rotatable bonds is 6. The van der Waals surface area contributed by atoms with Gasteiger partial charge in [0.1, 0.15) is 0 Å². The van der Waals surface area contributed by atoms with E-state index in [9.17, 15) is 4.79 Å². The monoisotopic (exact) mass is 325 g/mol. The zero-order valence-electron chi connectivity index (χ0n) is 11.9. The summed E-state index contributed by atoms with van der Waals surface area (Å²) in [6.07, 6.45) is 5.50. The summed E-state index contributed by atoms with van der Waals surface area (Å²) in [5.74, 6) is 0.860. The fourth-order valence-electron chi connectivity index (χ4n) is 2.08. The van der Waals surface area contributed by atoms with E-state index < -0.39 is 0 Å². The molecular weight excluding hydrogens is 306 g/mol. The third-order valence-electron chi connectivity index (χ3n) is 3.24. The van der Waals surface area contributed by atoms with Crippen LogP contribution in [-0.2, 0) is 9.53 Å². The largest absolute Gasteiger partial charge is 0.381 e. The second-order valence-electron chi connectivity index (χ2n) is 4.83. The number of amides is 1. The number of benzene rings is 1. The van der Waals surface area contributed by atoms with Gasteiger partial charge >= 0.3 is 0 Å². The van der Waals surface area contributed by atoms with Gasteiger partial charge in [0.05, 0.1) is 0 Å².